The van der Waals surface area contributed by atoms with Crippen molar-refractivity contribution in [2.75, 3.05) is 0 Å². The van der Waals surface area contributed by atoms with E-state index in [2.05, 4.69) is 50.7 Å². The smallest absolute Gasteiger partial charge is 0.287 e. The van der Waals surface area contributed by atoms with Gasteiger partial charge in [0.15, 0.2) is 0 Å². The van der Waals surface area contributed by atoms with E-state index in [9.17, 15) is 10.1 Å². The zero-order valence-electron chi connectivity index (χ0n) is 20.4. The quantitative estimate of drug-likeness (QED) is 0.232. The minimum atomic E-state index is -0.426. The van der Waals surface area contributed by atoms with E-state index in [4.69, 9.17) is 4.98 Å². The van der Waals surface area contributed by atoms with Gasteiger partial charge in [-0.15, -0.1) is 0 Å². The van der Waals surface area contributed by atoms with E-state index in [1.807, 2.05) is 18.5 Å². The molecule has 5 rings (SSSR count). The summed E-state index contributed by atoms with van der Waals surface area (Å²) in [6, 6.07) is 12.3. The molecule has 1 aromatic carbocycles. The first-order valence-corrected chi connectivity index (χ1v) is 12.6. The second kappa shape index (κ2) is 10.9. The molecule has 0 amide bonds. The Labute approximate surface area is 209 Å². The van der Waals surface area contributed by atoms with Crippen LogP contribution in [0.15, 0.2) is 55.0 Å². The summed E-state index contributed by atoms with van der Waals surface area (Å²) in [5.74, 6) is 0.803. The second-order valence-corrected chi connectivity index (χ2v) is 9.35. The van der Waals surface area contributed by atoms with Gasteiger partial charge in [-0.3, -0.25) is 15.1 Å². The predicted molar refractivity (Wildman–Crippen MR) is 139 cm³/mol. The molecule has 1 saturated carbocycles. The zero-order chi connectivity index (χ0) is 24.9. The van der Waals surface area contributed by atoms with Gasteiger partial charge in [0.1, 0.15) is 12.0 Å². The van der Waals surface area contributed by atoms with Gasteiger partial charge in [0, 0.05) is 53.6 Å². The van der Waals surface area contributed by atoms with Gasteiger partial charge in [0.2, 0.25) is 0 Å². The Morgan fingerprint density at radius 3 is 2.61 bits per heavy atom. The summed E-state index contributed by atoms with van der Waals surface area (Å²) in [6.07, 6.45) is 10.6. The molecule has 9 heteroatoms. The van der Waals surface area contributed by atoms with Crippen molar-refractivity contribution in [2.45, 2.75) is 64.2 Å². The van der Waals surface area contributed by atoms with Crippen LogP contribution in [0.5, 0.6) is 0 Å². The van der Waals surface area contributed by atoms with Crippen LogP contribution in [0.1, 0.15) is 49.7 Å². The molecule has 3 N–H and O–H groups in total. The van der Waals surface area contributed by atoms with Crippen LogP contribution in [0.2, 0.25) is 0 Å². The lowest BCUT2D eigenvalue weighted by atomic mass is 9.91. The molecule has 0 radical (unpaired) electrons. The molecular formula is C27H31N7O2. The number of aromatic amines is 1. The fourth-order valence-electron chi connectivity index (χ4n) is 4.96. The SMILES string of the molecule is CCc1cnc(CN[C@@H]2CCC[C@H](NCc3ccc([N+](=O)[O-])cn3)C2)nc1-c1c[nH]c2ccccc12. The fraction of sp³-hybridized carbons (Fsp3) is 0.370. The largest absolute Gasteiger partial charge is 0.360 e. The molecule has 3 heterocycles. The van der Waals surface area contributed by atoms with Crippen LogP contribution in [0, 0.1) is 10.1 Å². The molecule has 9 nitrogen and oxygen atoms in total. The molecule has 186 valence electrons. The molecule has 36 heavy (non-hydrogen) atoms. The van der Waals surface area contributed by atoms with Crippen LogP contribution in [0.3, 0.4) is 0 Å². The molecule has 3 aromatic heterocycles. The van der Waals surface area contributed by atoms with Crippen LogP contribution >= 0.6 is 0 Å². The standard InChI is InChI=1S/C27H31N7O2/c1-2-18-13-32-26(33-27(18)24-16-31-25-9-4-3-8-23(24)25)17-30-20-7-5-6-19(12-20)28-14-21-10-11-22(15-29-21)34(35)36/h3-4,8-11,13,15-16,19-20,28,30-31H,2,5-7,12,14,17H2,1H3/t19-,20+/m0/s1. The number of nitrogens with one attached hydrogen (secondary N) is 3. The summed E-state index contributed by atoms with van der Waals surface area (Å²) in [6.45, 7) is 3.36. The van der Waals surface area contributed by atoms with Crippen molar-refractivity contribution < 1.29 is 4.92 Å². The monoisotopic (exact) mass is 485 g/mol. The van der Waals surface area contributed by atoms with Gasteiger partial charge < -0.3 is 15.6 Å². The fourth-order valence-corrected chi connectivity index (χ4v) is 4.96. The zero-order valence-corrected chi connectivity index (χ0v) is 20.4. The van der Waals surface area contributed by atoms with Crippen molar-refractivity contribution >= 4 is 16.6 Å². The van der Waals surface area contributed by atoms with E-state index in [1.165, 1.54) is 17.6 Å². The van der Waals surface area contributed by atoms with Crippen molar-refractivity contribution in [3.05, 3.63) is 82.2 Å². The van der Waals surface area contributed by atoms with Gasteiger partial charge in [0.05, 0.1) is 22.9 Å². The number of hydrogen-bond donors (Lipinski definition) is 3. The lowest BCUT2D eigenvalue weighted by molar-refractivity contribution is -0.385. The third-order valence-corrected chi connectivity index (χ3v) is 6.95. The van der Waals surface area contributed by atoms with Crippen molar-refractivity contribution in [1.82, 2.24) is 30.6 Å². The number of hydrogen-bond acceptors (Lipinski definition) is 7. The Hall–Kier alpha value is -3.69. The van der Waals surface area contributed by atoms with Crippen LogP contribution in [-0.2, 0) is 19.5 Å². The average molecular weight is 486 g/mol. The molecule has 0 spiro atoms. The highest BCUT2D eigenvalue weighted by Gasteiger charge is 2.22. The number of H-pyrrole nitrogens is 1. The minimum Gasteiger partial charge on any atom is -0.360 e. The van der Waals surface area contributed by atoms with Crippen LogP contribution in [-0.4, -0.2) is 36.9 Å². The predicted octanol–water partition coefficient (Wildman–Crippen LogP) is 4.68. The summed E-state index contributed by atoms with van der Waals surface area (Å²) in [5, 5.41) is 19.2. The Balaban J connectivity index is 1.20. The van der Waals surface area contributed by atoms with E-state index in [0.29, 0.717) is 25.2 Å². The van der Waals surface area contributed by atoms with Crippen molar-refractivity contribution in [2.24, 2.45) is 0 Å². The van der Waals surface area contributed by atoms with Crippen molar-refractivity contribution in [3.8, 4) is 11.3 Å². The summed E-state index contributed by atoms with van der Waals surface area (Å²) in [5.41, 5.74) is 5.20. The number of aromatic nitrogens is 4. The Kier molecular flexibility index (Phi) is 7.29. The van der Waals surface area contributed by atoms with Gasteiger partial charge >= 0.3 is 0 Å². The number of benzene rings is 1. The first-order valence-electron chi connectivity index (χ1n) is 12.6. The average Bonchev–Trinajstić information content (AvgIpc) is 3.35. The van der Waals surface area contributed by atoms with E-state index < -0.39 is 4.92 Å². The minimum absolute atomic E-state index is 0.0164. The molecule has 0 unspecified atom stereocenters. The first kappa shape index (κ1) is 24.0. The number of fused-ring (bicyclic) bond motifs is 1. The number of para-hydroxylation sites is 1. The van der Waals surface area contributed by atoms with E-state index >= 15 is 0 Å². The molecule has 1 aliphatic carbocycles. The van der Waals surface area contributed by atoms with Gasteiger partial charge in [-0.1, -0.05) is 31.5 Å². The van der Waals surface area contributed by atoms with Gasteiger partial charge in [0.25, 0.3) is 5.69 Å². The van der Waals surface area contributed by atoms with Gasteiger partial charge in [-0.2, -0.15) is 0 Å². The number of nitrogens with zero attached hydrogens (tertiary/aromatic N) is 4. The molecular weight excluding hydrogens is 454 g/mol. The Bertz CT molecular complexity index is 1340. The molecule has 1 aliphatic rings. The van der Waals surface area contributed by atoms with Crippen LogP contribution < -0.4 is 10.6 Å². The maximum Gasteiger partial charge on any atom is 0.287 e. The van der Waals surface area contributed by atoms with E-state index in [0.717, 1.165) is 66.0 Å². The van der Waals surface area contributed by atoms with Gasteiger partial charge in [-0.05, 0) is 43.4 Å². The maximum absolute atomic E-state index is 10.8. The molecule has 0 saturated heterocycles. The topological polar surface area (TPSA) is 122 Å². The highest BCUT2D eigenvalue weighted by Crippen LogP contribution is 2.30. The van der Waals surface area contributed by atoms with Crippen LogP contribution in [0.4, 0.5) is 5.69 Å². The second-order valence-electron chi connectivity index (χ2n) is 9.35. The molecule has 1 fully saturated rings. The maximum atomic E-state index is 10.8. The number of pyridine rings is 1. The normalized spacial score (nSPS) is 17.9. The lowest BCUT2D eigenvalue weighted by Gasteiger charge is -2.30. The van der Waals surface area contributed by atoms with Crippen molar-refractivity contribution in [1.29, 1.82) is 0 Å². The number of aryl methyl sites for hydroxylation is 1. The van der Waals surface area contributed by atoms with E-state index in [-0.39, 0.29) is 5.69 Å². The first-order chi connectivity index (χ1) is 17.6. The lowest BCUT2D eigenvalue weighted by Crippen LogP contribution is -2.41. The summed E-state index contributed by atoms with van der Waals surface area (Å²) in [7, 11) is 0. The highest BCUT2D eigenvalue weighted by molar-refractivity contribution is 5.95. The highest BCUT2D eigenvalue weighted by atomic mass is 16.6. The Morgan fingerprint density at radius 2 is 1.86 bits per heavy atom. The van der Waals surface area contributed by atoms with Crippen LogP contribution in [0.25, 0.3) is 22.2 Å². The summed E-state index contributed by atoms with van der Waals surface area (Å²) < 4.78 is 0. The molecule has 0 aliphatic heterocycles. The number of rotatable bonds is 9. The summed E-state index contributed by atoms with van der Waals surface area (Å²) in [4.78, 5) is 27.6. The molecule has 0 bridgehead atoms. The van der Waals surface area contributed by atoms with Gasteiger partial charge in [-0.25, -0.2) is 9.97 Å². The van der Waals surface area contributed by atoms with E-state index in [1.54, 1.807) is 6.07 Å². The van der Waals surface area contributed by atoms with Crippen molar-refractivity contribution in [3.63, 3.8) is 0 Å². The Morgan fingerprint density at radius 1 is 1.06 bits per heavy atom. The summed E-state index contributed by atoms with van der Waals surface area (Å²) >= 11 is 0. The number of nitro groups is 1. The molecule has 2 atom stereocenters. The third kappa shape index (κ3) is 5.42. The molecule has 4 aromatic rings. The third-order valence-electron chi connectivity index (χ3n) is 6.95.